The Morgan fingerprint density at radius 3 is 2.94 bits per heavy atom. The summed E-state index contributed by atoms with van der Waals surface area (Å²) in [6.45, 7) is 1.48. The number of benzene rings is 1. The molecule has 0 radical (unpaired) electrons. The van der Waals surface area contributed by atoms with E-state index in [0.717, 1.165) is 23.2 Å². The van der Waals surface area contributed by atoms with Crippen LogP contribution >= 0.6 is 0 Å². The number of fused-ring (bicyclic) bond motifs is 3. The van der Waals surface area contributed by atoms with Gasteiger partial charge in [-0.3, -0.25) is 9.69 Å². The van der Waals surface area contributed by atoms with Gasteiger partial charge in [-0.1, -0.05) is 24.3 Å². The zero-order chi connectivity index (χ0) is 12.0. The number of para-hydroxylation sites is 1. The lowest BCUT2D eigenvalue weighted by Crippen LogP contribution is -2.49. The number of allylic oxidation sites excluding steroid dienone is 1. The number of hydrogen-bond donors (Lipinski definition) is 1. The van der Waals surface area contributed by atoms with Gasteiger partial charge < -0.3 is 0 Å². The Morgan fingerprint density at radius 1 is 1.47 bits per heavy atom. The highest BCUT2D eigenvalue weighted by Crippen LogP contribution is 2.52. The fourth-order valence-corrected chi connectivity index (χ4v) is 2.91. The Bertz CT molecular complexity index is 523. The Balaban J connectivity index is 2.27. The second kappa shape index (κ2) is 3.42. The average molecular weight is 231 g/mol. The highest BCUT2D eigenvalue weighted by molar-refractivity contribution is 6.05. The van der Waals surface area contributed by atoms with Gasteiger partial charge in [0.15, 0.2) is 0 Å². The largest absolute Gasteiger partial charge is 0.276 e. The lowest BCUT2D eigenvalue weighted by Gasteiger charge is -2.33. The van der Waals surface area contributed by atoms with Crippen molar-refractivity contribution in [2.24, 2.45) is 0 Å². The first-order valence-corrected chi connectivity index (χ1v) is 5.64. The van der Waals surface area contributed by atoms with Gasteiger partial charge in [0, 0.05) is 24.5 Å². The van der Waals surface area contributed by atoms with Crippen LogP contribution in [0.4, 0.5) is 5.69 Å². The summed E-state index contributed by atoms with van der Waals surface area (Å²) < 4.78 is 0. The van der Waals surface area contributed by atoms with Gasteiger partial charge in [0.05, 0.1) is 5.69 Å². The minimum absolute atomic E-state index is 0.128. The smallest absolute Gasteiger partial charge is 0.226 e. The number of carbonyl (C=O) groups is 1. The summed E-state index contributed by atoms with van der Waals surface area (Å²) in [6.07, 6.45) is 3.42. The average Bonchev–Trinajstić information content (AvgIpc) is 2.83. The van der Waals surface area contributed by atoms with E-state index >= 15 is 0 Å². The van der Waals surface area contributed by atoms with E-state index in [1.54, 1.807) is 4.90 Å². The molecule has 1 amide bonds. The molecule has 0 fully saturated rings. The minimum atomic E-state index is -1.00. The molecule has 4 heteroatoms. The van der Waals surface area contributed by atoms with E-state index in [-0.39, 0.29) is 5.91 Å². The molecule has 0 saturated heterocycles. The highest BCUT2D eigenvalue weighted by Gasteiger charge is 2.53. The van der Waals surface area contributed by atoms with Crippen molar-refractivity contribution < 1.29 is 14.9 Å². The van der Waals surface area contributed by atoms with Crippen molar-refractivity contribution in [3.05, 3.63) is 35.9 Å². The second-order valence-electron chi connectivity index (χ2n) is 4.40. The Kier molecular flexibility index (Phi) is 2.11. The van der Waals surface area contributed by atoms with E-state index in [4.69, 9.17) is 4.89 Å². The highest BCUT2D eigenvalue weighted by atomic mass is 17.1. The quantitative estimate of drug-likeness (QED) is 0.596. The molecule has 17 heavy (non-hydrogen) atoms. The molecular formula is C13H13NO3. The molecule has 2 aliphatic rings. The van der Waals surface area contributed by atoms with Gasteiger partial charge in [-0.05, 0) is 12.5 Å². The maximum atomic E-state index is 11.8. The number of rotatable bonds is 1. The third-order valence-corrected chi connectivity index (χ3v) is 3.51. The number of carbonyl (C=O) groups excluding carboxylic acids is 1. The van der Waals surface area contributed by atoms with Gasteiger partial charge in [0.25, 0.3) is 0 Å². The normalized spacial score (nSPS) is 25.5. The zero-order valence-electron chi connectivity index (χ0n) is 9.51. The Hall–Kier alpha value is -1.65. The predicted molar refractivity (Wildman–Crippen MR) is 63.3 cm³/mol. The molecule has 1 aliphatic carbocycles. The van der Waals surface area contributed by atoms with Crippen molar-refractivity contribution >= 4 is 17.2 Å². The summed E-state index contributed by atoms with van der Waals surface area (Å²) in [5.74, 6) is -0.128. The Labute approximate surface area is 99.0 Å². The van der Waals surface area contributed by atoms with Crippen molar-refractivity contribution in [1.82, 2.24) is 0 Å². The summed E-state index contributed by atoms with van der Waals surface area (Å²) in [5.41, 5.74) is 1.66. The molecule has 1 aliphatic heterocycles. The fraction of sp³-hybridized carbons (Fsp3) is 0.308. The third kappa shape index (κ3) is 1.16. The van der Waals surface area contributed by atoms with Crippen LogP contribution < -0.4 is 4.90 Å². The molecule has 0 saturated carbocycles. The van der Waals surface area contributed by atoms with Crippen LogP contribution in [0.15, 0.2) is 30.3 Å². The van der Waals surface area contributed by atoms with Crippen molar-refractivity contribution in [2.75, 3.05) is 4.90 Å². The maximum Gasteiger partial charge on any atom is 0.226 e. The summed E-state index contributed by atoms with van der Waals surface area (Å²) in [6, 6.07) is 7.62. The molecule has 1 unspecified atom stereocenters. The monoisotopic (exact) mass is 231 g/mol. The van der Waals surface area contributed by atoms with Crippen LogP contribution in [0, 0.1) is 0 Å². The van der Waals surface area contributed by atoms with Crippen LogP contribution in [0.3, 0.4) is 0 Å². The van der Waals surface area contributed by atoms with E-state index in [2.05, 4.69) is 0 Å². The Morgan fingerprint density at radius 2 is 2.24 bits per heavy atom. The van der Waals surface area contributed by atoms with Crippen molar-refractivity contribution in [3.8, 4) is 0 Å². The summed E-state index contributed by atoms with van der Waals surface area (Å²) in [5, 5.41) is 9.28. The predicted octanol–water partition coefficient (Wildman–Crippen LogP) is 2.42. The molecule has 1 aromatic carbocycles. The number of amides is 1. The number of hydrogen-bond acceptors (Lipinski definition) is 3. The number of nitrogens with zero attached hydrogens (tertiary/aromatic N) is 1. The molecule has 1 heterocycles. The van der Waals surface area contributed by atoms with Crippen LogP contribution in [-0.4, -0.2) is 16.9 Å². The zero-order valence-corrected chi connectivity index (χ0v) is 9.51. The van der Waals surface area contributed by atoms with E-state index in [1.165, 1.54) is 6.92 Å². The van der Waals surface area contributed by atoms with Gasteiger partial charge in [-0.15, -0.1) is 0 Å². The number of anilines is 1. The molecule has 88 valence electrons. The van der Waals surface area contributed by atoms with Gasteiger partial charge >= 0.3 is 0 Å². The van der Waals surface area contributed by atoms with Crippen LogP contribution in [0.5, 0.6) is 0 Å². The first-order chi connectivity index (χ1) is 8.20. The second-order valence-corrected chi connectivity index (χ2v) is 4.40. The van der Waals surface area contributed by atoms with Crippen molar-refractivity contribution in [3.63, 3.8) is 0 Å². The van der Waals surface area contributed by atoms with Gasteiger partial charge in [-0.2, -0.15) is 0 Å². The van der Waals surface area contributed by atoms with Gasteiger partial charge in [0.1, 0.15) is 0 Å². The topological polar surface area (TPSA) is 49.8 Å². The standard InChI is InChI=1S/C13H13NO3/c1-9(15)14-12-7-3-2-5-10(12)11-6-4-8-13(11,14)17-16/h2-3,5-7,16H,4,8H2,1H3. The van der Waals surface area contributed by atoms with E-state index in [0.29, 0.717) is 6.42 Å². The lowest BCUT2D eigenvalue weighted by molar-refractivity contribution is -0.300. The lowest BCUT2D eigenvalue weighted by atomic mass is 10.0. The molecule has 0 bridgehead atoms. The minimum Gasteiger partial charge on any atom is -0.276 e. The van der Waals surface area contributed by atoms with Gasteiger partial charge in [0.2, 0.25) is 11.6 Å². The van der Waals surface area contributed by atoms with E-state index < -0.39 is 5.72 Å². The van der Waals surface area contributed by atoms with Crippen LogP contribution in [-0.2, 0) is 9.68 Å². The molecular weight excluding hydrogens is 218 g/mol. The van der Waals surface area contributed by atoms with Crippen molar-refractivity contribution in [2.45, 2.75) is 25.5 Å². The molecule has 0 spiro atoms. The first-order valence-electron chi connectivity index (χ1n) is 5.64. The van der Waals surface area contributed by atoms with E-state index in [9.17, 15) is 10.1 Å². The molecule has 0 aromatic heterocycles. The molecule has 4 nitrogen and oxygen atoms in total. The maximum absolute atomic E-state index is 11.8. The first kappa shape index (κ1) is 10.5. The summed E-state index contributed by atoms with van der Waals surface area (Å²) in [4.78, 5) is 18.1. The fourth-order valence-electron chi connectivity index (χ4n) is 2.91. The molecule has 1 atom stereocenters. The third-order valence-electron chi connectivity index (χ3n) is 3.51. The van der Waals surface area contributed by atoms with Crippen LogP contribution in [0.2, 0.25) is 0 Å². The summed E-state index contributed by atoms with van der Waals surface area (Å²) in [7, 11) is 0. The molecule has 3 rings (SSSR count). The molecule has 1 N–H and O–H groups in total. The van der Waals surface area contributed by atoms with E-state index in [1.807, 2.05) is 30.3 Å². The van der Waals surface area contributed by atoms with Gasteiger partial charge in [-0.25, -0.2) is 10.1 Å². The summed E-state index contributed by atoms with van der Waals surface area (Å²) >= 11 is 0. The van der Waals surface area contributed by atoms with Crippen LogP contribution in [0.1, 0.15) is 25.3 Å². The van der Waals surface area contributed by atoms with Crippen LogP contribution in [0.25, 0.3) is 5.57 Å². The van der Waals surface area contributed by atoms with Crippen molar-refractivity contribution in [1.29, 1.82) is 0 Å². The SMILES string of the molecule is CC(=O)N1c2ccccc2C2=CCCC21OO. The molecule has 1 aromatic rings.